The maximum atomic E-state index is 13.2. The summed E-state index contributed by atoms with van der Waals surface area (Å²) in [6.07, 6.45) is 0. The minimum atomic E-state index is -0.190. The third-order valence-electron chi connectivity index (χ3n) is 1.83. The van der Waals surface area contributed by atoms with Crippen molar-refractivity contribution in [2.24, 2.45) is 0 Å². The normalized spacial score (nSPS) is 10.4. The van der Waals surface area contributed by atoms with Crippen molar-refractivity contribution in [3.8, 4) is 5.75 Å². The summed E-state index contributed by atoms with van der Waals surface area (Å²) < 4.78 is 18.1. The van der Waals surface area contributed by atoms with Gasteiger partial charge >= 0.3 is 0 Å². The molecule has 0 saturated heterocycles. The third kappa shape index (κ3) is 1.76. The average molecular weight is 168 g/mol. The fourth-order valence-corrected chi connectivity index (χ4v) is 1.10. The van der Waals surface area contributed by atoms with Gasteiger partial charge in [-0.15, -0.1) is 0 Å². The van der Waals surface area contributed by atoms with Crippen LogP contribution in [0.1, 0.15) is 25.3 Å². The van der Waals surface area contributed by atoms with E-state index >= 15 is 0 Å². The maximum absolute atomic E-state index is 13.2. The van der Waals surface area contributed by atoms with Crippen LogP contribution in [0.5, 0.6) is 5.75 Å². The van der Waals surface area contributed by atoms with Crippen LogP contribution in [0.2, 0.25) is 0 Å². The molecule has 0 heterocycles. The van der Waals surface area contributed by atoms with Gasteiger partial charge in [0.05, 0.1) is 7.11 Å². The van der Waals surface area contributed by atoms with Gasteiger partial charge in [-0.3, -0.25) is 0 Å². The summed E-state index contributed by atoms with van der Waals surface area (Å²) in [6, 6.07) is 4.95. The minimum absolute atomic E-state index is 0.190. The van der Waals surface area contributed by atoms with E-state index in [2.05, 4.69) is 0 Å². The molecule has 0 bridgehead atoms. The van der Waals surface area contributed by atoms with Crippen molar-refractivity contribution in [1.29, 1.82) is 0 Å². The molecule has 1 aromatic rings. The lowest BCUT2D eigenvalue weighted by atomic mass is 10.0. The van der Waals surface area contributed by atoms with Crippen molar-refractivity contribution in [2.75, 3.05) is 7.11 Å². The standard InChI is InChI=1S/C10H13FO/c1-7(2)9-5-4-8(12-3)6-10(9)11/h4-7H,1-3H3. The lowest BCUT2D eigenvalue weighted by molar-refractivity contribution is 0.410. The maximum Gasteiger partial charge on any atom is 0.130 e. The number of rotatable bonds is 2. The van der Waals surface area contributed by atoms with Crippen LogP contribution >= 0.6 is 0 Å². The number of benzene rings is 1. The Kier molecular flexibility index (Phi) is 2.69. The molecule has 1 nitrogen and oxygen atoms in total. The molecule has 0 aliphatic rings. The zero-order chi connectivity index (χ0) is 9.14. The van der Waals surface area contributed by atoms with Crippen LogP contribution in [0, 0.1) is 5.82 Å². The molecule has 0 spiro atoms. The molecule has 0 saturated carbocycles. The minimum Gasteiger partial charge on any atom is -0.497 e. The zero-order valence-electron chi connectivity index (χ0n) is 7.60. The predicted octanol–water partition coefficient (Wildman–Crippen LogP) is 2.96. The molecular formula is C10H13FO. The lowest BCUT2D eigenvalue weighted by Crippen LogP contribution is -1.93. The van der Waals surface area contributed by atoms with E-state index in [9.17, 15) is 4.39 Å². The van der Waals surface area contributed by atoms with Gasteiger partial charge in [-0.1, -0.05) is 19.9 Å². The highest BCUT2D eigenvalue weighted by atomic mass is 19.1. The van der Waals surface area contributed by atoms with Gasteiger partial charge in [0.2, 0.25) is 0 Å². The lowest BCUT2D eigenvalue weighted by Gasteiger charge is -2.07. The van der Waals surface area contributed by atoms with Crippen LogP contribution in [0.3, 0.4) is 0 Å². The second-order valence-corrected chi connectivity index (χ2v) is 3.04. The largest absolute Gasteiger partial charge is 0.497 e. The molecule has 0 fully saturated rings. The zero-order valence-corrected chi connectivity index (χ0v) is 7.60. The molecule has 0 aliphatic heterocycles. The summed E-state index contributed by atoms with van der Waals surface area (Å²) in [6.45, 7) is 3.93. The molecule has 1 aromatic carbocycles. The SMILES string of the molecule is COc1ccc(C(C)C)c(F)c1. The molecular weight excluding hydrogens is 155 g/mol. The van der Waals surface area contributed by atoms with Crippen LogP contribution < -0.4 is 4.74 Å². The second-order valence-electron chi connectivity index (χ2n) is 3.04. The summed E-state index contributed by atoms with van der Waals surface area (Å²) in [4.78, 5) is 0. The molecule has 1 rings (SSSR count). The summed E-state index contributed by atoms with van der Waals surface area (Å²) >= 11 is 0. The molecule has 0 amide bonds. The van der Waals surface area contributed by atoms with Gasteiger partial charge in [0.1, 0.15) is 11.6 Å². The number of hydrogen-bond donors (Lipinski definition) is 0. The number of ether oxygens (including phenoxy) is 1. The van der Waals surface area contributed by atoms with Gasteiger partial charge in [0.15, 0.2) is 0 Å². The van der Waals surface area contributed by atoms with Crippen molar-refractivity contribution in [2.45, 2.75) is 19.8 Å². The van der Waals surface area contributed by atoms with Gasteiger partial charge < -0.3 is 4.74 Å². The molecule has 66 valence electrons. The van der Waals surface area contributed by atoms with Crippen LogP contribution in [-0.2, 0) is 0 Å². The van der Waals surface area contributed by atoms with E-state index in [-0.39, 0.29) is 11.7 Å². The Morgan fingerprint density at radius 1 is 1.33 bits per heavy atom. The van der Waals surface area contributed by atoms with Crippen LogP contribution in [0.15, 0.2) is 18.2 Å². The summed E-state index contributed by atoms with van der Waals surface area (Å²) in [5, 5.41) is 0. The van der Waals surface area contributed by atoms with E-state index in [0.717, 1.165) is 5.56 Å². The van der Waals surface area contributed by atoms with Crippen LogP contribution in [0.4, 0.5) is 4.39 Å². The highest BCUT2D eigenvalue weighted by Gasteiger charge is 2.06. The van der Waals surface area contributed by atoms with Gasteiger partial charge in [0, 0.05) is 6.07 Å². The smallest absolute Gasteiger partial charge is 0.130 e. The van der Waals surface area contributed by atoms with Crippen molar-refractivity contribution < 1.29 is 9.13 Å². The summed E-state index contributed by atoms with van der Waals surface area (Å²) in [7, 11) is 1.53. The van der Waals surface area contributed by atoms with Crippen molar-refractivity contribution in [3.05, 3.63) is 29.6 Å². The Balaban J connectivity index is 3.03. The van der Waals surface area contributed by atoms with Gasteiger partial charge in [-0.25, -0.2) is 4.39 Å². The monoisotopic (exact) mass is 168 g/mol. The van der Waals surface area contributed by atoms with Crippen molar-refractivity contribution in [1.82, 2.24) is 0 Å². The van der Waals surface area contributed by atoms with E-state index in [1.54, 1.807) is 12.1 Å². The summed E-state index contributed by atoms with van der Waals surface area (Å²) in [5.41, 5.74) is 0.732. The molecule has 0 N–H and O–H groups in total. The quantitative estimate of drug-likeness (QED) is 0.659. The first-order valence-corrected chi connectivity index (χ1v) is 3.98. The van der Waals surface area contributed by atoms with E-state index in [0.29, 0.717) is 5.75 Å². The molecule has 0 aromatic heterocycles. The molecule has 0 atom stereocenters. The van der Waals surface area contributed by atoms with Crippen LogP contribution in [0.25, 0.3) is 0 Å². The van der Waals surface area contributed by atoms with E-state index in [1.807, 2.05) is 13.8 Å². The molecule has 0 aliphatic carbocycles. The summed E-state index contributed by atoms with van der Waals surface area (Å²) in [5.74, 6) is 0.595. The van der Waals surface area contributed by atoms with E-state index in [4.69, 9.17) is 4.74 Å². The van der Waals surface area contributed by atoms with Crippen LogP contribution in [-0.4, -0.2) is 7.11 Å². The number of halogens is 1. The average Bonchev–Trinajstić information content (AvgIpc) is 2.03. The van der Waals surface area contributed by atoms with Gasteiger partial charge in [-0.05, 0) is 17.5 Å². The van der Waals surface area contributed by atoms with Crippen molar-refractivity contribution in [3.63, 3.8) is 0 Å². The predicted molar refractivity (Wildman–Crippen MR) is 47.0 cm³/mol. The van der Waals surface area contributed by atoms with E-state index < -0.39 is 0 Å². The Morgan fingerprint density at radius 2 is 2.00 bits per heavy atom. The number of methoxy groups -OCH3 is 1. The van der Waals surface area contributed by atoms with Gasteiger partial charge in [0.25, 0.3) is 0 Å². The molecule has 0 radical (unpaired) electrons. The fourth-order valence-electron chi connectivity index (χ4n) is 1.10. The number of hydrogen-bond acceptors (Lipinski definition) is 1. The van der Waals surface area contributed by atoms with Crippen molar-refractivity contribution >= 4 is 0 Å². The third-order valence-corrected chi connectivity index (χ3v) is 1.83. The molecule has 0 unspecified atom stereocenters. The second kappa shape index (κ2) is 3.57. The first kappa shape index (κ1) is 9.04. The Hall–Kier alpha value is -1.05. The first-order valence-electron chi connectivity index (χ1n) is 3.98. The first-order chi connectivity index (χ1) is 5.65. The highest BCUT2D eigenvalue weighted by Crippen LogP contribution is 2.22. The fraction of sp³-hybridized carbons (Fsp3) is 0.400. The molecule has 12 heavy (non-hydrogen) atoms. The Bertz CT molecular complexity index is 269. The Labute approximate surface area is 72.2 Å². The Morgan fingerprint density at radius 3 is 2.42 bits per heavy atom. The topological polar surface area (TPSA) is 9.23 Å². The van der Waals surface area contributed by atoms with Gasteiger partial charge in [-0.2, -0.15) is 0 Å². The van der Waals surface area contributed by atoms with E-state index in [1.165, 1.54) is 13.2 Å². The highest BCUT2D eigenvalue weighted by molar-refractivity contribution is 5.30. The molecule has 2 heteroatoms.